The van der Waals surface area contributed by atoms with Crippen molar-refractivity contribution in [1.82, 2.24) is 5.32 Å². The highest BCUT2D eigenvalue weighted by atomic mass is 32.2. The molecule has 1 rings (SSSR count). The van der Waals surface area contributed by atoms with Gasteiger partial charge in [0, 0.05) is 13.2 Å². The predicted molar refractivity (Wildman–Crippen MR) is 73.1 cm³/mol. The van der Waals surface area contributed by atoms with Crippen molar-refractivity contribution in [2.75, 3.05) is 18.9 Å². The maximum Gasteiger partial charge on any atom is 0.230 e. The summed E-state index contributed by atoms with van der Waals surface area (Å²) < 4.78 is 0. The van der Waals surface area contributed by atoms with Crippen molar-refractivity contribution in [2.24, 2.45) is 11.8 Å². The van der Waals surface area contributed by atoms with Crippen LogP contribution in [0.15, 0.2) is 0 Å². The number of nitrogens with one attached hydrogen (secondary N) is 1. The molecule has 0 aromatic heterocycles. The molecule has 17 heavy (non-hydrogen) atoms. The molecule has 0 aromatic carbocycles. The molecule has 1 aliphatic rings. The standard InChI is InChI=1S/C13H25NO2S/c1-10(2)17-9-13(16)14-7-11-3-5-12(8-15)6-4-11/h10-12,15H,3-9H2,1-2H3,(H,14,16). The Bertz CT molecular complexity index is 225. The summed E-state index contributed by atoms with van der Waals surface area (Å²) in [5.41, 5.74) is 0. The summed E-state index contributed by atoms with van der Waals surface area (Å²) in [6.07, 6.45) is 4.50. The van der Waals surface area contributed by atoms with E-state index in [0.717, 1.165) is 32.2 Å². The van der Waals surface area contributed by atoms with Gasteiger partial charge in [-0.05, 0) is 42.8 Å². The molecule has 3 nitrogen and oxygen atoms in total. The van der Waals surface area contributed by atoms with Gasteiger partial charge < -0.3 is 10.4 Å². The molecule has 0 radical (unpaired) electrons. The molecule has 4 heteroatoms. The summed E-state index contributed by atoms with van der Waals surface area (Å²) in [6, 6.07) is 0. The zero-order valence-electron chi connectivity index (χ0n) is 10.9. The highest BCUT2D eigenvalue weighted by Crippen LogP contribution is 2.27. The van der Waals surface area contributed by atoms with Crippen LogP contribution in [-0.2, 0) is 4.79 Å². The molecule has 2 N–H and O–H groups in total. The molecular weight excluding hydrogens is 234 g/mol. The van der Waals surface area contributed by atoms with Crippen LogP contribution in [0, 0.1) is 11.8 Å². The Morgan fingerprint density at radius 2 is 1.88 bits per heavy atom. The van der Waals surface area contributed by atoms with Gasteiger partial charge in [-0.2, -0.15) is 0 Å². The Kier molecular flexibility index (Phi) is 6.97. The van der Waals surface area contributed by atoms with E-state index in [2.05, 4.69) is 19.2 Å². The second-order valence-electron chi connectivity index (χ2n) is 5.23. The Labute approximate surface area is 109 Å². The fourth-order valence-electron chi connectivity index (χ4n) is 2.17. The average molecular weight is 259 g/mol. The Morgan fingerprint density at radius 3 is 2.41 bits per heavy atom. The number of carbonyl (C=O) groups is 1. The third-order valence-electron chi connectivity index (χ3n) is 3.36. The summed E-state index contributed by atoms with van der Waals surface area (Å²) in [5, 5.41) is 12.6. The number of hydrogen-bond donors (Lipinski definition) is 2. The van der Waals surface area contributed by atoms with Crippen LogP contribution in [0.5, 0.6) is 0 Å². The molecule has 0 bridgehead atoms. The molecule has 0 aromatic rings. The lowest BCUT2D eigenvalue weighted by Gasteiger charge is -2.27. The van der Waals surface area contributed by atoms with E-state index in [4.69, 9.17) is 5.11 Å². The van der Waals surface area contributed by atoms with Gasteiger partial charge in [-0.25, -0.2) is 0 Å². The number of carbonyl (C=O) groups excluding carboxylic acids is 1. The van der Waals surface area contributed by atoms with Crippen LogP contribution in [0.3, 0.4) is 0 Å². The monoisotopic (exact) mass is 259 g/mol. The zero-order valence-corrected chi connectivity index (χ0v) is 11.8. The van der Waals surface area contributed by atoms with E-state index in [-0.39, 0.29) is 5.91 Å². The van der Waals surface area contributed by atoms with Gasteiger partial charge in [0.05, 0.1) is 5.75 Å². The third kappa shape index (κ3) is 6.32. The number of amides is 1. The maximum atomic E-state index is 11.5. The highest BCUT2D eigenvalue weighted by molar-refractivity contribution is 8.00. The number of aliphatic hydroxyl groups excluding tert-OH is 1. The van der Waals surface area contributed by atoms with E-state index in [1.807, 2.05) is 0 Å². The average Bonchev–Trinajstić information content (AvgIpc) is 2.34. The van der Waals surface area contributed by atoms with Gasteiger partial charge in [-0.3, -0.25) is 4.79 Å². The second kappa shape index (κ2) is 7.98. The Hall–Kier alpha value is -0.220. The number of rotatable bonds is 6. The first-order valence-corrected chi connectivity index (χ1v) is 7.65. The summed E-state index contributed by atoms with van der Waals surface area (Å²) in [4.78, 5) is 11.5. The van der Waals surface area contributed by atoms with Gasteiger partial charge in [0.15, 0.2) is 0 Å². The summed E-state index contributed by atoms with van der Waals surface area (Å²) in [6.45, 7) is 5.35. The fraction of sp³-hybridized carbons (Fsp3) is 0.923. The van der Waals surface area contributed by atoms with Crippen LogP contribution >= 0.6 is 11.8 Å². The summed E-state index contributed by atoms with van der Waals surface area (Å²) >= 11 is 1.68. The van der Waals surface area contributed by atoms with Crippen molar-refractivity contribution in [3.63, 3.8) is 0 Å². The first-order valence-electron chi connectivity index (χ1n) is 6.61. The molecule has 1 amide bonds. The lowest BCUT2D eigenvalue weighted by molar-refractivity contribution is -0.118. The largest absolute Gasteiger partial charge is 0.396 e. The number of hydrogen-bond acceptors (Lipinski definition) is 3. The Morgan fingerprint density at radius 1 is 1.29 bits per heavy atom. The van der Waals surface area contributed by atoms with Gasteiger partial charge >= 0.3 is 0 Å². The lowest BCUT2D eigenvalue weighted by Crippen LogP contribution is -2.33. The van der Waals surface area contributed by atoms with E-state index in [1.165, 1.54) is 0 Å². The van der Waals surface area contributed by atoms with E-state index in [9.17, 15) is 4.79 Å². The van der Waals surface area contributed by atoms with Crippen molar-refractivity contribution < 1.29 is 9.90 Å². The van der Waals surface area contributed by atoms with E-state index in [0.29, 0.717) is 29.4 Å². The minimum Gasteiger partial charge on any atom is -0.396 e. The molecule has 0 heterocycles. The van der Waals surface area contributed by atoms with Crippen molar-refractivity contribution in [3.05, 3.63) is 0 Å². The molecule has 0 unspecified atom stereocenters. The molecule has 0 saturated heterocycles. The van der Waals surface area contributed by atoms with Crippen LogP contribution in [0.25, 0.3) is 0 Å². The minimum atomic E-state index is 0.160. The van der Waals surface area contributed by atoms with Crippen molar-refractivity contribution in [3.8, 4) is 0 Å². The molecule has 0 aliphatic heterocycles. The molecule has 0 spiro atoms. The quantitative estimate of drug-likeness (QED) is 0.767. The van der Waals surface area contributed by atoms with Crippen LogP contribution in [0.1, 0.15) is 39.5 Å². The van der Waals surface area contributed by atoms with E-state index in [1.54, 1.807) is 11.8 Å². The minimum absolute atomic E-state index is 0.160. The van der Waals surface area contributed by atoms with Gasteiger partial charge in [-0.15, -0.1) is 11.8 Å². The van der Waals surface area contributed by atoms with Crippen LogP contribution in [0.2, 0.25) is 0 Å². The molecule has 1 saturated carbocycles. The van der Waals surface area contributed by atoms with Crippen molar-refractivity contribution in [2.45, 2.75) is 44.8 Å². The summed E-state index contributed by atoms with van der Waals surface area (Å²) in [7, 11) is 0. The van der Waals surface area contributed by atoms with Gasteiger partial charge in [-0.1, -0.05) is 13.8 Å². The molecule has 0 atom stereocenters. The van der Waals surface area contributed by atoms with Crippen molar-refractivity contribution in [1.29, 1.82) is 0 Å². The normalized spacial score (nSPS) is 24.9. The highest BCUT2D eigenvalue weighted by Gasteiger charge is 2.20. The molecule has 1 fully saturated rings. The number of thioether (sulfide) groups is 1. The first-order chi connectivity index (χ1) is 8.11. The van der Waals surface area contributed by atoms with Gasteiger partial charge in [0.2, 0.25) is 5.91 Å². The lowest BCUT2D eigenvalue weighted by atomic mass is 9.82. The molecule has 1 aliphatic carbocycles. The topological polar surface area (TPSA) is 49.3 Å². The van der Waals surface area contributed by atoms with Gasteiger partial charge in [0.25, 0.3) is 0 Å². The van der Waals surface area contributed by atoms with E-state index < -0.39 is 0 Å². The number of aliphatic hydroxyl groups is 1. The Balaban J connectivity index is 2.08. The van der Waals surface area contributed by atoms with E-state index >= 15 is 0 Å². The first kappa shape index (κ1) is 14.8. The SMILES string of the molecule is CC(C)SCC(=O)NCC1CCC(CO)CC1. The van der Waals surface area contributed by atoms with Crippen LogP contribution < -0.4 is 5.32 Å². The van der Waals surface area contributed by atoms with Crippen molar-refractivity contribution >= 4 is 17.7 Å². The maximum absolute atomic E-state index is 11.5. The smallest absolute Gasteiger partial charge is 0.230 e. The third-order valence-corrected chi connectivity index (χ3v) is 4.46. The summed E-state index contributed by atoms with van der Waals surface area (Å²) in [5.74, 6) is 1.85. The van der Waals surface area contributed by atoms with Crippen LogP contribution in [0.4, 0.5) is 0 Å². The molecular formula is C13H25NO2S. The van der Waals surface area contributed by atoms with Gasteiger partial charge in [0.1, 0.15) is 0 Å². The predicted octanol–water partition coefficient (Wildman–Crippen LogP) is 2.04. The fourth-order valence-corrected chi connectivity index (χ4v) is 2.76. The molecule has 100 valence electrons. The van der Waals surface area contributed by atoms with Crippen LogP contribution in [-0.4, -0.2) is 35.2 Å². The second-order valence-corrected chi connectivity index (χ2v) is 6.80. The zero-order chi connectivity index (χ0) is 12.7.